The molecule has 1 heterocycles. The van der Waals surface area contributed by atoms with Crippen molar-refractivity contribution in [3.8, 4) is 0 Å². The predicted molar refractivity (Wildman–Crippen MR) is 103 cm³/mol. The van der Waals surface area contributed by atoms with Crippen molar-refractivity contribution >= 4 is 16.8 Å². The molecule has 0 saturated heterocycles. The number of alkyl halides is 3. The Morgan fingerprint density at radius 2 is 1.83 bits per heavy atom. The minimum Gasteiger partial charge on any atom is -0.348 e. The van der Waals surface area contributed by atoms with Gasteiger partial charge in [0.25, 0.3) is 5.91 Å². The third-order valence-electron chi connectivity index (χ3n) is 4.90. The summed E-state index contributed by atoms with van der Waals surface area (Å²) in [7, 11) is 0. The van der Waals surface area contributed by atoms with Crippen molar-refractivity contribution < 1.29 is 22.4 Å². The number of hydrogen-bond donors (Lipinski definition) is 1. The molecule has 1 N–H and O–H groups in total. The fraction of sp³-hybridized carbons (Fsp3) is 0.273. The SMILES string of the molecule is CCc1nc2cc(C(F)(F)F)ccc2c(C)c1C(=O)NCc1ccc(C)c(F)c1. The number of nitrogens with one attached hydrogen (secondary N) is 1. The Morgan fingerprint density at radius 1 is 1.10 bits per heavy atom. The van der Waals surface area contributed by atoms with E-state index in [0.29, 0.717) is 39.8 Å². The standard InChI is InChI=1S/C22H20F4N2O/c1-4-18-20(21(29)27-11-14-6-5-12(2)17(23)9-14)13(3)16-8-7-15(22(24,25)26)10-19(16)28-18/h5-10H,4,11H2,1-3H3,(H,27,29). The lowest BCUT2D eigenvalue weighted by Gasteiger charge is -2.15. The Morgan fingerprint density at radius 3 is 2.45 bits per heavy atom. The summed E-state index contributed by atoms with van der Waals surface area (Å²) in [4.78, 5) is 17.1. The first-order valence-electron chi connectivity index (χ1n) is 9.15. The van der Waals surface area contributed by atoms with E-state index in [0.717, 1.165) is 12.1 Å². The molecule has 3 rings (SSSR count). The zero-order chi connectivity index (χ0) is 21.3. The molecular formula is C22H20F4N2O. The van der Waals surface area contributed by atoms with E-state index in [1.54, 1.807) is 32.9 Å². The average molecular weight is 404 g/mol. The van der Waals surface area contributed by atoms with Gasteiger partial charge >= 0.3 is 6.18 Å². The van der Waals surface area contributed by atoms with Gasteiger partial charge in [-0.1, -0.05) is 25.1 Å². The maximum atomic E-state index is 13.7. The summed E-state index contributed by atoms with van der Waals surface area (Å²) in [6.45, 7) is 5.26. The number of nitrogens with zero attached hydrogens (tertiary/aromatic N) is 1. The molecule has 3 aromatic rings. The van der Waals surface area contributed by atoms with Crippen LogP contribution in [0.3, 0.4) is 0 Å². The Bertz CT molecular complexity index is 1090. The largest absolute Gasteiger partial charge is 0.416 e. The maximum Gasteiger partial charge on any atom is 0.416 e. The summed E-state index contributed by atoms with van der Waals surface area (Å²) < 4.78 is 52.7. The summed E-state index contributed by atoms with van der Waals surface area (Å²) in [5, 5.41) is 3.24. The molecule has 0 spiro atoms. The first-order valence-corrected chi connectivity index (χ1v) is 9.15. The normalized spacial score (nSPS) is 11.7. The van der Waals surface area contributed by atoms with Gasteiger partial charge in [-0.05, 0) is 55.2 Å². The van der Waals surface area contributed by atoms with Crippen molar-refractivity contribution in [1.82, 2.24) is 10.3 Å². The molecule has 0 atom stereocenters. The molecule has 2 aromatic carbocycles. The molecule has 0 radical (unpaired) electrons. The number of rotatable bonds is 4. The van der Waals surface area contributed by atoms with Crippen LogP contribution < -0.4 is 5.32 Å². The molecule has 0 fully saturated rings. The molecule has 29 heavy (non-hydrogen) atoms. The van der Waals surface area contributed by atoms with E-state index in [1.165, 1.54) is 12.1 Å². The summed E-state index contributed by atoms with van der Waals surface area (Å²) in [5.41, 5.74) is 1.87. The minimum absolute atomic E-state index is 0.129. The minimum atomic E-state index is -4.46. The summed E-state index contributed by atoms with van der Waals surface area (Å²) >= 11 is 0. The Balaban J connectivity index is 1.95. The van der Waals surface area contributed by atoms with Gasteiger partial charge in [0.15, 0.2) is 0 Å². The van der Waals surface area contributed by atoms with Crippen LogP contribution in [0.4, 0.5) is 17.6 Å². The summed E-state index contributed by atoms with van der Waals surface area (Å²) in [5.74, 6) is -0.746. The third kappa shape index (κ3) is 4.23. The number of amides is 1. The molecule has 0 unspecified atom stereocenters. The van der Waals surface area contributed by atoms with Gasteiger partial charge in [0.2, 0.25) is 0 Å². The zero-order valence-corrected chi connectivity index (χ0v) is 16.2. The van der Waals surface area contributed by atoms with Gasteiger partial charge in [-0.3, -0.25) is 9.78 Å². The number of fused-ring (bicyclic) bond motifs is 1. The number of carbonyl (C=O) groups is 1. The van der Waals surface area contributed by atoms with E-state index in [-0.39, 0.29) is 17.9 Å². The third-order valence-corrected chi connectivity index (χ3v) is 4.90. The monoisotopic (exact) mass is 404 g/mol. The van der Waals surface area contributed by atoms with Crippen molar-refractivity contribution in [3.05, 3.63) is 75.7 Å². The Kier molecular flexibility index (Phi) is 5.59. The second-order valence-electron chi connectivity index (χ2n) is 6.91. The lowest BCUT2D eigenvalue weighted by atomic mass is 9.98. The van der Waals surface area contributed by atoms with Crippen molar-refractivity contribution in [2.75, 3.05) is 0 Å². The van der Waals surface area contributed by atoms with Crippen LogP contribution >= 0.6 is 0 Å². The van der Waals surface area contributed by atoms with Crippen molar-refractivity contribution in [3.63, 3.8) is 0 Å². The molecule has 0 saturated carbocycles. The van der Waals surface area contributed by atoms with Gasteiger partial charge in [-0.15, -0.1) is 0 Å². The fourth-order valence-electron chi connectivity index (χ4n) is 3.24. The zero-order valence-electron chi connectivity index (χ0n) is 16.2. The number of pyridine rings is 1. The first-order chi connectivity index (χ1) is 13.6. The van der Waals surface area contributed by atoms with Crippen LogP contribution in [0, 0.1) is 19.7 Å². The van der Waals surface area contributed by atoms with E-state index < -0.39 is 17.6 Å². The van der Waals surface area contributed by atoms with Gasteiger partial charge in [0.1, 0.15) is 5.82 Å². The number of hydrogen-bond acceptors (Lipinski definition) is 2. The quantitative estimate of drug-likeness (QED) is 0.584. The topological polar surface area (TPSA) is 42.0 Å². The van der Waals surface area contributed by atoms with E-state index in [2.05, 4.69) is 10.3 Å². The second-order valence-corrected chi connectivity index (χ2v) is 6.91. The number of carbonyl (C=O) groups excluding carboxylic acids is 1. The molecular weight excluding hydrogens is 384 g/mol. The fourth-order valence-corrected chi connectivity index (χ4v) is 3.24. The van der Waals surface area contributed by atoms with Crippen LogP contribution in [0.15, 0.2) is 36.4 Å². The van der Waals surface area contributed by atoms with E-state index in [1.807, 2.05) is 0 Å². The number of halogens is 4. The highest BCUT2D eigenvalue weighted by molar-refractivity contribution is 6.01. The van der Waals surface area contributed by atoms with Gasteiger partial charge in [0, 0.05) is 11.9 Å². The Labute approximate surface area is 165 Å². The highest BCUT2D eigenvalue weighted by atomic mass is 19.4. The molecule has 152 valence electrons. The molecule has 0 bridgehead atoms. The lowest BCUT2D eigenvalue weighted by Crippen LogP contribution is -2.25. The smallest absolute Gasteiger partial charge is 0.348 e. The average Bonchev–Trinajstić information content (AvgIpc) is 2.67. The number of benzene rings is 2. The van der Waals surface area contributed by atoms with Crippen molar-refractivity contribution in [2.24, 2.45) is 0 Å². The van der Waals surface area contributed by atoms with Crippen LogP contribution in [0.5, 0.6) is 0 Å². The first kappa shape index (κ1) is 20.8. The summed E-state index contributed by atoms with van der Waals surface area (Å²) in [6.07, 6.45) is -4.08. The molecule has 3 nitrogen and oxygen atoms in total. The predicted octanol–water partition coefficient (Wildman–Crippen LogP) is 5.50. The van der Waals surface area contributed by atoms with E-state index in [4.69, 9.17) is 0 Å². The van der Waals surface area contributed by atoms with Crippen LogP contribution in [0.2, 0.25) is 0 Å². The highest BCUT2D eigenvalue weighted by Crippen LogP contribution is 2.32. The molecule has 7 heteroatoms. The van der Waals surface area contributed by atoms with Crippen LogP contribution in [0.25, 0.3) is 10.9 Å². The van der Waals surface area contributed by atoms with Gasteiger partial charge < -0.3 is 5.32 Å². The molecule has 0 aliphatic carbocycles. The Hall–Kier alpha value is -2.96. The van der Waals surface area contributed by atoms with E-state index in [9.17, 15) is 22.4 Å². The maximum absolute atomic E-state index is 13.7. The molecule has 0 aliphatic heterocycles. The lowest BCUT2D eigenvalue weighted by molar-refractivity contribution is -0.137. The second kappa shape index (κ2) is 7.81. The van der Waals surface area contributed by atoms with Gasteiger partial charge in [0.05, 0.1) is 22.3 Å². The van der Waals surface area contributed by atoms with Gasteiger partial charge in [-0.25, -0.2) is 4.39 Å². The van der Waals surface area contributed by atoms with Crippen LogP contribution in [0.1, 0.15) is 45.2 Å². The van der Waals surface area contributed by atoms with E-state index >= 15 is 0 Å². The molecule has 1 aromatic heterocycles. The van der Waals surface area contributed by atoms with Gasteiger partial charge in [-0.2, -0.15) is 13.2 Å². The number of aryl methyl sites for hydroxylation is 3. The van der Waals surface area contributed by atoms with Crippen molar-refractivity contribution in [1.29, 1.82) is 0 Å². The highest BCUT2D eigenvalue weighted by Gasteiger charge is 2.31. The van der Waals surface area contributed by atoms with Crippen molar-refractivity contribution in [2.45, 2.75) is 39.9 Å². The van der Waals surface area contributed by atoms with Crippen LogP contribution in [-0.4, -0.2) is 10.9 Å². The molecule has 1 amide bonds. The molecule has 0 aliphatic rings. The van der Waals surface area contributed by atoms with Crippen LogP contribution in [-0.2, 0) is 19.1 Å². The number of aromatic nitrogens is 1. The summed E-state index contributed by atoms with van der Waals surface area (Å²) in [6, 6.07) is 8.04.